The van der Waals surface area contributed by atoms with E-state index in [1.165, 1.54) is 23.3 Å². The Kier molecular flexibility index (Phi) is 5.36. The number of nitriles is 1. The van der Waals surface area contributed by atoms with Crippen LogP contribution in [0.3, 0.4) is 0 Å². The maximum absolute atomic E-state index is 13.1. The van der Waals surface area contributed by atoms with Crippen molar-refractivity contribution in [2.75, 3.05) is 6.61 Å². The van der Waals surface area contributed by atoms with Crippen LogP contribution in [-0.4, -0.2) is 41.4 Å². The number of hydrogen-bond acceptors (Lipinski definition) is 6. The maximum atomic E-state index is 13.1. The van der Waals surface area contributed by atoms with E-state index in [0.29, 0.717) is 10.6 Å². The summed E-state index contributed by atoms with van der Waals surface area (Å²) in [6.07, 6.45) is 4.30. The number of nitrogens with two attached hydrogens (primary N) is 2. The third kappa shape index (κ3) is 3.13. The molecule has 2 aliphatic heterocycles. The molecule has 2 amide bonds. The number of carbonyl (C=O) groups excluding carboxylic acids is 3. The first kappa shape index (κ1) is 20.4. The number of ether oxygens (including phenoxy) is 1. The Labute approximate surface area is 172 Å². The molecule has 0 bridgehead atoms. The van der Waals surface area contributed by atoms with Crippen molar-refractivity contribution < 1.29 is 19.1 Å². The normalized spacial score (nSPS) is 27.6. The Morgan fingerprint density at radius 2 is 1.93 bits per heavy atom. The lowest BCUT2D eigenvalue weighted by atomic mass is 9.68. The molecule has 1 aromatic carbocycles. The van der Waals surface area contributed by atoms with Crippen LogP contribution >= 0.6 is 11.6 Å². The predicted molar refractivity (Wildman–Crippen MR) is 104 cm³/mol. The van der Waals surface area contributed by atoms with Crippen molar-refractivity contribution >= 4 is 29.4 Å². The fourth-order valence-corrected chi connectivity index (χ4v) is 4.20. The van der Waals surface area contributed by atoms with Crippen molar-refractivity contribution in [3.63, 3.8) is 0 Å². The van der Waals surface area contributed by atoms with Gasteiger partial charge < -0.3 is 21.1 Å². The van der Waals surface area contributed by atoms with Crippen molar-refractivity contribution in [1.29, 1.82) is 5.26 Å². The average molecular weight is 415 g/mol. The van der Waals surface area contributed by atoms with E-state index < -0.39 is 41.2 Å². The summed E-state index contributed by atoms with van der Waals surface area (Å²) in [6.45, 7) is 1.68. The third-order valence-corrected chi connectivity index (χ3v) is 5.52. The van der Waals surface area contributed by atoms with E-state index >= 15 is 0 Å². The van der Waals surface area contributed by atoms with E-state index in [1.807, 2.05) is 0 Å². The molecule has 2 heterocycles. The first-order chi connectivity index (χ1) is 13.8. The molecular formula is C20H19ClN4O4. The molecule has 9 heteroatoms. The first-order valence-electron chi connectivity index (χ1n) is 8.88. The number of benzene rings is 1. The molecule has 1 aromatic rings. The van der Waals surface area contributed by atoms with Gasteiger partial charge in [-0.25, -0.2) is 0 Å². The molecule has 0 spiro atoms. The second-order valence-electron chi connectivity index (χ2n) is 6.78. The molecule has 4 N–H and O–H groups in total. The molecule has 0 aliphatic carbocycles. The van der Waals surface area contributed by atoms with Crippen LogP contribution in [0, 0.1) is 16.7 Å². The summed E-state index contributed by atoms with van der Waals surface area (Å²) in [6, 6.07) is 6.59. The quantitative estimate of drug-likeness (QED) is 0.688. The van der Waals surface area contributed by atoms with E-state index in [1.54, 1.807) is 31.2 Å². The number of fused-ring (bicyclic) bond motifs is 1. The summed E-state index contributed by atoms with van der Waals surface area (Å²) in [5.74, 6) is -3.20. The molecule has 0 saturated carbocycles. The highest BCUT2D eigenvalue weighted by Crippen LogP contribution is 2.53. The summed E-state index contributed by atoms with van der Waals surface area (Å²) in [7, 11) is 0. The molecule has 1 fully saturated rings. The Morgan fingerprint density at radius 1 is 1.28 bits per heavy atom. The van der Waals surface area contributed by atoms with Crippen LogP contribution in [-0.2, 0) is 19.1 Å². The molecule has 150 valence electrons. The molecule has 0 aromatic heterocycles. The van der Waals surface area contributed by atoms with Gasteiger partial charge in [-0.3, -0.25) is 14.4 Å². The van der Waals surface area contributed by atoms with Gasteiger partial charge in [0, 0.05) is 17.1 Å². The molecular weight excluding hydrogens is 396 g/mol. The van der Waals surface area contributed by atoms with Gasteiger partial charge in [0.05, 0.1) is 24.3 Å². The van der Waals surface area contributed by atoms with Crippen molar-refractivity contribution in [3.05, 3.63) is 58.8 Å². The zero-order valence-corrected chi connectivity index (χ0v) is 16.3. The van der Waals surface area contributed by atoms with Gasteiger partial charge >= 0.3 is 5.97 Å². The number of amides is 2. The number of primary amides is 2. The molecule has 3 rings (SSSR count). The Morgan fingerprint density at radius 3 is 2.45 bits per heavy atom. The lowest BCUT2D eigenvalue weighted by molar-refractivity contribution is -0.153. The maximum Gasteiger partial charge on any atom is 0.329 e. The minimum absolute atomic E-state index is 0.0512. The highest BCUT2D eigenvalue weighted by molar-refractivity contribution is 6.30. The monoisotopic (exact) mass is 414 g/mol. The summed E-state index contributed by atoms with van der Waals surface area (Å²) in [5, 5.41) is 10.7. The molecule has 0 unspecified atom stereocenters. The second-order valence-corrected chi connectivity index (χ2v) is 7.21. The average Bonchev–Trinajstić information content (AvgIpc) is 2.99. The van der Waals surface area contributed by atoms with Crippen molar-refractivity contribution in [2.45, 2.75) is 24.9 Å². The first-order valence-corrected chi connectivity index (χ1v) is 9.26. The molecule has 0 radical (unpaired) electrons. The van der Waals surface area contributed by atoms with Gasteiger partial charge in [0.15, 0.2) is 5.41 Å². The standard InChI is InChI=1S/C20H19ClN4O4/c1-2-29-19(28)20(10-22)14-8-5-12(17(23)26)9-25(14)16(18(24)27)15(20)11-3-6-13(21)7-4-11/h3-9,14-16H,2H2,1H3,(H2,23,26)(H2,24,27)/t14-,15+,16+,20-/m0/s1. The second kappa shape index (κ2) is 7.60. The predicted octanol–water partition coefficient (Wildman–Crippen LogP) is 0.974. The molecule has 1 saturated heterocycles. The van der Waals surface area contributed by atoms with Crippen LogP contribution in [0.1, 0.15) is 18.4 Å². The summed E-state index contributed by atoms with van der Waals surface area (Å²) in [5.41, 5.74) is 9.93. The number of carbonyl (C=O) groups is 3. The van der Waals surface area contributed by atoms with Crippen LogP contribution in [0.25, 0.3) is 0 Å². The molecule has 8 nitrogen and oxygen atoms in total. The van der Waals surface area contributed by atoms with Gasteiger partial charge in [-0.1, -0.05) is 29.8 Å². The number of rotatable bonds is 5. The fraction of sp³-hybridized carbons (Fsp3) is 0.300. The zero-order valence-electron chi connectivity index (χ0n) is 15.5. The van der Waals surface area contributed by atoms with Gasteiger partial charge in [0.1, 0.15) is 6.04 Å². The number of esters is 1. The largest absolute Gasteiger partial charge is 0.465 e. The van der Waals surface area contributed by atoms with Gasteiger partial charge in [-0.15, -0.1) is 0 Å². The van der Waals surface area contributed by atoms with Crippen LogP contribution in [0.15, 0.2) is 48.2 Å². The van der Waals surface area contributed by atoms with Crippen LogP contribution < -0.4 is 11.5 Å². The minimum Gasteiger partial charge on any atom is -0.465 e. The lowest BCUT2D eigenvalue weighted by Crippen LogP contribution is -2.45. The summed E-state index contributed by atoms with van der Waals surface area (Å²) >= 11 is 5.98. The summed E-state index contributed by atoms with van der Waals surface area (Å²) < 4.78 is 5.23. The number of halogens is 1. The van der Waals surface area contributed by atoms with Crippen LogP contribution in [0.5, 0.6) is 0 Å². The Balaban J connectivity index is 2.28. The number of nitrogens with zero attached hydrogens (tertiary/aromatic N) is 2. The Bertz CT molecular complexity index is 966. The lowest BCUT2D eigenvalue weighted by Gasteiger charge is -2.32. The van der Waals surface area contributed by atoms with E-state index in [2.05, 4.69) is 6.07 Å². The van der Waals surface area contributed by atoms with Crippen molar-refractivity contribution in [1.82, 2.24) is 4.90 Å². The fourth-order valence-electron chi connectivity index (χ4n) is 4.08. The van der Waals surface area contributed by atoms with E-state index in [-0.39, 0.29) is 12.2 Å². The van der Waals surface area contributed by atoms with E-state index in [0.717, 1.165) is 0 Å². The Hall–Kier alpha value is -3.31. The van der Waals surface area contributed by atoms with E-state index in [9.17, 15) is 19.6 Å². The van der Waals surface area contributed by atoms with Gasteiger partial charge in [0.25, 0.3) is 0 Å². The summed E-state index contributed by atoms with van der Waals surface area (Å²) in [4.78, 5) is 38.7. The zero-order chi connectivity index (χ0) is 21.3. The number of hydrogen-bond donors (Lipinski definition) is 2. The van der Waals surface area contributed by atoms with Crippen molar-refractivity contribution in [2.24, 2.45) is 16.9 Å². The topological polar surface area (TPSA) is 140 Å². The smallest absolute Gasteiger partial charge is 0.329 e. The molecule has 4 atom stereocenters. The van der Waals surface area contributed by atoms with E-state index in [4.69, 9.17) is 27.8 Å². The van der Waals surface area contributed by atoms with Gasteiger partial charge in [-0.05, 0) is 30.7 Å². The third-order valence-electron chi connectivity index (χ3n) is 5.26. The highest BCUT2D eigenvalue weighted by Gasteiger charge is 2.66. The minimum atomic E-state index is -1.78. The SMILES string of the molecule is CCOC(=O)[C@]1(C#N)[C@H](c2ccc(Cl)cc2)[C@H](C(N)=O)N2C=C(C(N)=O)C=C[C@H]21. The molecule has 2 aliphatic rings. The van der Waals surface area contributed by atoms with Gasteiger partial charge in [-0.2, -0.15) is 5.26 Å². The van der Waals surface area contributed by atoms with Gasteiger partial charge in [0.2, 0.25) is 11.8 Å². The highest BCUT2D eigenvalue weighted by atomic mass is 35.5. The molecule has 29 heavy (non-hydrogen) atoms. The van der Waals surface area contributed by atoms with Crippen molar-refractivity contribution in [3.8, 4) is 6.07 Å². The van der Waals surface area contributed by atoms with Crippen LogP contribution in [0.4, 0.5) is 0 Å². The van der Waals surface area contributed by atoms with Crippen LogP contribution in [0.2, 0.25) is 5.02 Å².